The van der Waals surface area contributed by atoms with Crippen molar-refractivity contribution in [3.05, 3.63) is 17.6 Å². The molecule has 0 unspecified atom stereocenters. The standard InChI is InChI=1S/C18H26N4O/c1-13-14(2)20-16(10-19-13)22-9-7-18(12-22)6-3-8-21(17(18)23)11-15-4-5-15/h10,15H,3-9,11-12H2,1-2H3/t18-/m0/s1. The third-order valence-corrected chi connectivity index (χ3v) is 5.86. The van der Waals surface area contributed by atoms with Gasteiger partial charge in [0.2, 0.25) is 5.91 Å². The largest absolute Gasteiger partial charge is 0.354 e. The van der Waals surface area contributed by atoms with Crippen LogP contribution in [0.3, 0.4) is 0 Å². The van der Waals surface area contributed by atoms with Crippen LogP contribution in [0.25, 0.3) is 0 Å². The highest BCUT2D eigenvalue weighted by Crippen LogP contribution is 2.42. The van der Waals surface area contributed by atoms with Crippen LogP contribution in [0.15, 0.2) is 6.20 Å². The Bertz CT molecular complexity index is 627. The Kier molecular flexibility index (Phi) is 3.54. The van der Waals surface area contributed by atoms with Gasteiger partial charge in [-0.05, 0) is 51.9 Å². The first-order valence-electron chi connectivity index (χ1n) is 8.92. The number of carbonyl (C=O) groups excluding carboxylic acids is 1. The van der Waals surface area contributed by atoms with Crippen molar-refractivity contribution >= 4 is 11.7 Å². The number of anilines is 1. The minimum atomic E-state index is -0.173. The van der Waals surface area contributed by atoms with E-state index in [0.29, 0.717) is 5.91 Å². The maximum absolute atomic E-state index is 13.1. The second kappa shape index (κ2) is 5.46. The Balaban J connectivity index is 1.51. The summed E-state index contributed by atoms with van der Waals surface area (Å²) in [5.74, 6) is 2.10. The Morgan fingerprint density at radius 2 is 2.04 bits per heavy atom. The molecule has 1 saturated carbocycles. The van der Waals surface area contributed by atoms with E-state index in [1.165, 1.54) is 12.8 Å². The highest BCUT2D eigenvalue weighted by Gasteiger charge is 2.49. The molecule has 124 valence electrons. The molecular weight excluding hydrogens is 288 g/mol. The predicted octanol–water partition coefficient (Wildman–Crippen LogP) is 2.32. The molecule has 0 radical (unpaired) electrons. The Morgan fingerprint density at radius 3 is 2.78 bits per heavy atom. The van der Waals surface area contributed by atoms with E-state index in [4.69, 9.17) is 0 Å². The minimum absolute atomic E-state index is 0.173. The third kappa shape index (κ3) is 2.70. The van der Waals surface area contributed by atoms with Gasteiger partial charge in [0.05, 0.1) is 23.0 Å². The van der Waals surface area contributed by atoms with Gasteiger partial charge in [-0.2, -0.15) is 0 Å². The first-order chi connectivity index (χ1) is 11.1. The average Bonchev–Trinajstić information content (AvgIpc) is 3.25. The van der Waals surface area contributed by atoms with Crippen molar-refractivity contribution in [2.75, 3.05) is 31.1 Å². The second-order valence-electron chi connectivity index (χ2n) is 7.65. The molecular formula is C18H26N4O. The van der Waals surface area contributed by atoms with Crippen molar-refractivity contribution in [3.63, 3.8) is 0 Å². The molecule has 0 aromatic carbocycles. The second-order valence-corrected chi connectivity index (χ2v) is 7.65. The molecule has 1 aromatic rings. The maximum Gasteiger partial charge on any atom is 0.230 e. The smallest absolute Gasteiger partial charge is 0.230 e. The van der Waals surface area contributed by atoms with Gasteiger partial charge in [0.15, 0.2) is 0 Å². The number of rotatable bonds is 3. The van der Waals surface area contributed by atoms with Gasteiger partial charge in [0.25, 0.3) is 0 Å². The summed E-state index contributed by atoms with van der Waals surface area (Å²) in [6, 6.07) is 0. The molecule has 1 spiro atoms. The SMILES string of the molecule is Cc1ncc(N2CC[C@@]3(CCCN(CC4CC4)C3=O)C2)nc1C. The molecule has 5 nitrogen and oxygen atoms in total. The van der Waals surface area contributed by atoms with E-state index in [9.17, 15) is 4.79 Å². The molecule has 0 bridgehead atoms. The fraction of sp³-hybridized carbons (Fsp3) is 0.722. The highest BCUT2D eigenvalue weighted by molar-refractivity contribution is 5.85. The zero-order valence-corrected chi connectivity index (χ0v) is 14.2. The van der Waals surface area contributed by atoms with E-state index in [1.807, 2.05) is 20.0 Å². The van der Waals surface area contributed by atoms with Crippen LogP contribution in [-0.2, 0) is 4.79 Å². The van der Waals surface area contributed by atoms with E-state index in [-0.39, 0.29) is 5.41 Å². The number of hydrogen-bond donors (Lipinski definition) is 0. The maximum atomic E-state index is 13.1. The monoisotopic (exact) mass is 314 g/mol. The van der Waals surface area contributed by atoms with Crippen molar-refractivity contribution < 1.29 is 4.79 Å². The van der Waals surface area contributed by atoms with Crippen molar-refractivity contribution in [2.45, 2.75) is 46.0 Å². The van der Waals surface area contributed by atoms with Gasteiger partial charge in [-0.3, -0.25) is 9.78 Å². The van der Waals surface area contributed by atoms with Crippen LogP contribution < -0.4 is 4.90 Å². The van der Waals surface area contributed by atoms with Gasteiger partial charge in [0.1, 0.15) is 5.82 Å². The van der Waals surface area contributed by atoms with E-state index >= 15 is 0 Å². The molecule has 1 aromatic heterocycles. The topological polar surface area (TPSA) is 49.3 Å². The molecule has 5 heteroatoms. The molecule has 3 heterocycles. The minimum Gasteiger partial charge on any atom is -0.354 e. The van der Waals surface area contributed by atoms with Crippen LogP contribution in [0.2, 0.25) is 0 Å². The van der Waals surface area contributed by atoms with Crippen molar-refractivity contribution in [3.8, 4) is 0 Å². The lowest BCUT2D eigenvalue weighted by molar-refractivity contribution is -0.145. The van der Waals surface area contributed by atoms with Gasteiger partial charge in [-0.1, -0.05) is 0 Å². The van der Waals surface area contributed by atoms with Crippen LogP contribution in [0.5, 0.6) is 0 Å². The summed E-state index contributed by atoms with van der Waals surface area (Å²) in [6.45, 7) is 7.66. The van der Waals surface area contributed by atoms with Gasteiger partial charge >= 0.3 is 0 Å². The molecule has 4 rings (SSSR count). The van der Waals surface area contributed by atoms with Crippen molar-refractivity contribution in [1.29, 1.82) is 0 Å². The lowest BCUT2D eigenvalue weighted by Gasteiger charge is -2.39. The quantitative estimate of drug-likeness (QED) is 0.859. The van der Waals surface area contributed by atoms with Gasteiger partial charge in [-0.15, -0.1) is 0 Å². The number of nitrogens with zero attached hydrogens (tertiary/aromatic N) is 4. The number of hydrogen-bond acceptors (Lipinski definition) is 4. The Morgan fingerprint density at radius 1 is 1.22 bits per heavy atom. The third-order valence-electron chi connectivity index (χ3n) is 5.86. The zero-order chi connectivity index (χ0) is 16.0. The Hall–Kier alpha value is -1.65. The van der Waals surface area contributed by atoms with Crippen LogP contribution in [-0.4, -0.2) is 47.0 Å². The molecule has 1 aliphatic carbocycles. The van der Waals surface area contributed by atoms with Crippen LogP contribution >= 0.6 is 0 Å². The molecule has 2 aliphatic heterocycles. The van der Waals surface area contributed by atoms with E-state index in [2.05, 4.69) is 19.8 Å². The first-order valence-corrected chi connectivity index (χ1v) is 8.92. The summed E-state index contributed by atoms with van der Waals surface area (Å²) in [5.41, 5.74) is 1.79. The summed E-state index contributed by atoms with van der Waals surface area (Å²) in [5, 5.41) is 0. The molecule has 1 amide bonds. The number of likely N-dealkylation sites (tertiary alicyclic amines) is 1. The fourth-order valence-electron chi connectivity index (χ4n) is 4.07. The number of amides is 1. The van der Waals surface area contributed by atoms with E-state index in [1.54, 1.807) is 0 Å². The lowest BCUT2D eigenvalue weighted by atomic mass is 9.78. The molecule has 3 fully saturated rings. The summed E-state index contributed by atoms with van der Waals surface area (Å²) in [6.07, 6.45) is 7.60. The summed E-state index contributed by atoms with van der Waals surface area (Å²) >= 11 is 0. The normalized spacial score (nSPS) is 28.0. The summed E-state index contributed by atoms with van der Waals surface area (Å²) in [4.78, 5) is 26.6. The van der Waals surface area contributed by atoms with Crippen LogP contribution in [0.4, 0.5) is 5.82 Å². The Labute approximate surface area is 138 Å². The number of piperidine rings is 1. The molecule has 3 aliphatic rings. The molecule has 2 saturated heterocycles. The van der Waals surface area contributed by atoms with E-state index < -0.39 is 0 Å². The van der Waals surface area contributed by atoms with Crippen LogP contribution in [0.1, 0.15) is 43.5 Å². The van der Waals surface area contributed by atoms with Crippen molar-refractivity contribution in [1.82, 2.24) is 14.9 Å². The van der Waals surface area contributed by atoms with Gasteiger partial charge in [0, 0.05) is 26.2 Å². The van der Waals surface area contributed by atoms with Gasteiger partial charge in [-0.25, -0.2) is 4.98 Å². The fourth-order valence-corrected chi connectivity index (χ4v) is 4.07. The molecule has 1 atom stereocenters. The van der Waals surface area contributed by atoms with Crippen LogP contribution in [0, 0.1) is 25.2 Å². The molecule has 23 heavy (non-hydrogen) atoms. The van der Waals surface area contributed by atoms with E-state index in [0.717, 1.165) is 68.6 Å². The average molecular weight is 314 g/mol. The number of aryl methyl sites for hydroxylation is 2. The molecule has 0 N–H and O–H groups in total. The number of carbonyl (C=O) groups is 1. The van der Waals surface area contributed by atoms with Crippen molar-refractivity contribution in [2.24, 2.45) is 11.3 Å². The highest BCUT2D eigenvalue weighted by atomic mass is 16.2. The first kappa shape index (κ1) is 14.9. The number of aromatic nitrogens is 2. The zero-order valence-electron chi connectivity index (χ0n) is 14.2. The van der Waals surface area contributed by atoms with Gasteiger partial charge < -0.3 is 9.80 Å². The lowest BCUT2D eigenvalue weighted by Crippen LogP contribution is -2.50. The summed E-state index contributed by atoms with van der Waals surface area (Å²) in [7, 11) is 0. The predicted molar refractivity (Wildman–Crippen MR) is 89.3 cm³/mol. The summed E-state index contributed by atoms with van der Waals surface area (Å²) < 4.78 is 0.